The third-order valence-corrected chi connectivity index (χ3v) is 7.12. The molecule has 1 aromatic heterocycles. The molecule has 0 fully saturated rings. The molecule has 1 aliphatic rings. The molecule has 1 N–H and O–H groups in total. The van der Waals surface area contributed by atoms with Gasteiger partial charge in [-0.15, -0.1) is 11.8 Å². The van der Waals surface area contributed by atoms with E-state index in [9.17, 15) is 18.0 Å². The number of carbonyl (C=O) groups is 2. The third-order valence-electron chi connectivity index (χ3n) is 4.22. The van der Waals surface area contributed by atoms with E-state index in [4.69, 9.17) is 4.42 Å². The van der Waals surface area contributed by atoms with Crippen LogP contribution >= 0.6 is 11.8 Å². The lowest BCUT2D eigenvalue weighted by atomic mass is 10.3. The van der Waals surface area contributed by atoms with Gasteiger partial charge in [0.1, 0.15) is 5.76 Å². The van der Waals surface area contributed by atoms with Crippen molar-refractivity contribution in [3.8, 4) is 0 Å². The normalized spacial score (nSPS) is 16.5. The molecule has 144 valence electrons. The van der Waals surface area contributed by atoms with E-state index in [0.29, 0.717) is 11.4 Å². The summed E-state index contributed by atoms with van der Waals surface area (Å²) in [6.07, 6.45) is 1.39. The number of carbonyl (C=O) groups excluding carboxylic acids is 2. The number of thioether (sulfide) groups is 1. The monoisotopic (exact) mass is 408 g/mol. The topological polar surface area (TPSA) is 96.7 Å². The number of nitrogens with one attached hydrogen (secondary N) is 1. The minimum absolute atomic E-state index is 0.0955. The van der Waals surface area contributed by atoms with Crippen molar-refractivity contribution in [1.29, 1.82) is 0 Å². The highest BCUT2D eigenvalue weighted by Gasteiger charge is 2.25. The highest BCUT2D eigenvalue weighted by Crippen LogP contribution is 2.36. The molecule has 2 aromatic rings. The SMILES string of the molecule is C[C@@H]1Sc2ccc(S(=O)(=O)CCC(=O)N(C)Cc3ccco3)cc2NC1=O. The van der Waals surface area contributed by atoms with Gasteiger partial charge in [-0.05, 0) is 37.3 Å². The third kappa shape index (κ3) is 4.54. The van der Waals surface area contributed by atoms with Gasteiger partial charge >= 0.3 is 0 Å². The molecule has 2 heterocycles. The number of benzene rings is 1. The Bertz CT molecular complexity index is 954. The summed E-state index contributed by atoms with van der Waals surface area (Å²) in [4.78, 5) is 26.4. The van der Waals surface area contributed by atoms with Crippen LogP contribution in [0.5, 0.6) is 0 Å². The number of hydrogen-bond donors (Lipinski definition) is 1. The van der Waals surface area contributed by atoms with E-state index in [2.05, 4.69) is 5.32 Å². The zero-order valence-electron chi connectivity index (χ0n) is 15.0. The molecule has 0 radical (unpaired) electrons. The Morgan fingerprint density at radius 2 is 2.11 bits per heavy atom. The maximum atomic E-state index is 12.6. The fourth-order valence-corrected chi connectivity index (χ4v) is 4.82. The fraction of sp³-hybridized carbons (Fsp3) is 0.333. The number of sulfone groups is 1. The molecule has 1 atom stereocenters. The first kappa shape index (κ1) is 19.5. The number of fused-ring (bicyclic) bond motifs is 1. The molecule has 0 saturated heterocycles. The Hall–Kier alpha value is -2.26. The van der Waals surface area contributed by atoms with Gasteiger partial charge in [-0.25, -0.2) is 8.42 Å². The Balaban J connectivity index is 1.65. The summed E-state index contributed by atoms with van der Waals surface area (Å²) >= 11 is 1.39. The Labute approximate surface area is 162 Å². The lowest BCUT2D eigenvalue weighted by Crippen LogP contribution is -2.28. The highest BCUT2D eigenvalue weighted by molar-refractivity contribution is 8.01. The van der Waals surface area contributed by atoms with Crippen LogP contribution in [0.2, 0.25) is 0 Å². The number of furan rings is 1. The van der Waals surface area contributed by atoms with Crippen LogP contribution in [0, 0.1) is 0 Å². The Morgan fingerprint density at radius 1 is 1.33 bits per heavy atom. The van der Waals surface area contributed by atoms with Crippen LogP contribution in [0.3, 0.4) is 0 Å². The van der Waals surface area contributed by atoms with E-state index in [1.54, 1.807) is 32.2 Å². The van der Waals surface area contributed by atoms with Gasteiger partial charge in [-0.2, -0.15) is 0 Å². The van der Waals surface area contributed by atoms with Gasteiger partial charge in [-0.1, -0.05) is 0 Å². The van der Waals surface area contributed by atoms with Crippen molar-refractivity contribution in [1.82, 2.24) is 4.90 Å². The molecule has 2 amide bonds. The zero-order valence-corrected chi connectivity index (χ0v) is 16.6. The summed E-state index contributed by atoms with van der Waals surface area (Å²) in [5.41, 5.74) is 0.491. The van der Waals surface area contributed by atoms with Gasteiger partial charge in [0.25, 0.3) is 0 Å². The van der Waals surface area contributed by atoms with E-state index < -0.39 is 9.84 Å². The van der Waals surface area contributed by atoms with Crippen LogP contribution in [-0.2, 0) is 26.0 Å². The van der Waals surface area contributed by atoms with Crippen LogP contribution < -0.4 is 5.32 Å². The van der Waals surface area contributed by atoms with Crippen molar-refractivity contribution in [2.75, 3.05) is 18.1 Å². The van der Waals surface area contributed by atoms with Crippen molar-refractivity contribution >= 4 is 39.1 Å². The largest absolute Gasteiger partial charge is 0.467 e. The summed E-state index contributed by atoms with van der Waals surface area (Å²) in [7, 11) is -2.05. The quantitative estimate of drug-likeness (QED) is 0.789. The number of anilines is 1. The summed E-state index contributed by atoms with van der Waals surface area (Å²) < 4.78 is 30.4. The lowest BCUT2D eigenvalue weighted by molar-refractivity contribution is -0.130. The fourth-order valence-electron chi connectivity index (χ4n) is 2.64. The van der Waals surface area contributed by atoms with Crippen molar-refractivity contribution in [3.63, 3.8) is 0 Å². The van der Waals surface area contributed by atoms with Crippen molar-refractivity contribution < 1.29 is 22.4 Å². The molecule has 0 bridgehead atoms. The van der Waals surface area contributed by atoms with E-state index >= 15 is 0 Å². The Kier molecular flexibility index (Phi) is 5.61. The van der Waals surface area contributed by atoms with Crippen LogP contribution in [0.1, 0.15) is 19.1 Å². The van der Waals surface area contributed by atoms with Crippen LogP contribution in [0.4, 0.5) is 5.69 Å². The molecule has 7 nitrogen and oxygen atoms in total. The first-order valence-electron chi connectivity index (χ1n) is 8.37. The van der Waals surface area contributed by atoms with Crippen LogP contribution in [0.25, 0.3) is 0 Å². The first-order chi connectivity index (χ1) is 12.8. The van der Waals surface area contributed by atoms with Gasteiger partial charge < -0.3 is 14.6 Å². The average Bonchev–Trinajstić information content (AvgIpc) is 3.13. The maximum Gasteiger partial charge on any atom is 0.237 e. The van der Waals surface area contributed by atoms with Crippen molar-refractivity contribution in [2.24, 2.45) is 0 Å². The minimum atomic E-state index is -3.65. The second-order valence-corrected chi connectivity index (χ2v) is 9.80. The van der Waals surface area contributed by atoms with E-state index in [1.807, 2.05) is 0 Å². The van der Waals surface area contributed by atoms with E-state index in [1.165, 1.54) is 35.1 Å². The molecule has 9 heteroatoms. The molecular formula is C18H20N2O5S2. The lowest BCUT2D eigenvalue weighted by Gasteiger charge is -2.22. The average molecular weight is 409 g/mol. The van der Waals surface area contributed by atoms with E-state index in [-0.39, 0.29) is 40.7 Å². The predicted octanol–water partition coefficient (Wildman–Crippen LogP) is 2.53. The number of nitrogens with zero attached hydrogens (tertiary/aromatic N) is 1. The summed E-state index contributed by atoms with van der Waals surface area (Å²) in [5.74, 6) is -0.113. The molecular weight excluding hydrogens is 388 g/mol. The first-order valence-corrected chi connectivity index (χ1v) is 10.9. The smallest absolute Gasteiger partial charge is 0.237 e. The molecule has 27 heavy (non-hydrogen) atoms. The Morgan fingerprint density at radius 3 is 2.81 bits per heavy atom. The van der Waals surface area contributed by atoms with Gasteiger partial charge in [-0.3, -0.25) is 9.59 Å². The van der Waals surface area contributed by atoms with Gasteiger partial charge in [0.15, 0.2) is 9.84 Å². The molecule has 0 spiro atoms. The van der Waals surface area contributed by atoms with Crippen LogP contribution in [0.15, 0.2) is 50.8 Å². The van der Waals surface area contributed by atoms with Gasteiger partial charge in [0.2, 0.25) is 11.8 Å². The minimum Gasteiger partial charge on any atom is -0.467 e. The van der Waals surface area contributed by atoms with Crippen LogP contribution in [-0.4, -0.2) is 43.2 Å². The second kappa shape index (κ2) is 7.77. The standard InChI is InChI=1S/C18H20N2O5S2/c1-12-18(22)19-15-10-14(5-6-16(15)26-12)27(23,24)9-7-17(21)20(2)11-13-4-3-8-25-13/h3-6,8,10,12H,7,9,11H2,1-2H3,(H,19,22)/t12-/m0/s1. The predicted molar refractivity (Wildman–Crippen MR) is 102 cm³/mol. The van der Waals surface area contributed by atoms with E-state index in [0.717, 1.165) is 4.90 Å². The van der Waals surface area contributed by atoms with Gasteiger partial charge in [0.05, 0.1) is 34.4 Å². The summed E-state index contributed by atoms with van der Waals surface area (Å²) in [6.45, 7) is 2.07. The second-order valence-electron chi connectivity index (χ2n) is 6.31. The molecule has 3 rings (SSSR count). The van der Waals surface area contributed by atoms with Crippen molar-refractivity contribution in [2.45, 2.75) is 34.9 Å². The number of rotatable bonds is 6. The maximum absolute atomic E-state index is 12.6. The number of hydrogen-bond acceptors (Lipinski definition) is 6. The molecule has 0 unspecified atom stereocenters. The summed E-state index contributed by atoms with van der Waals surface area (Å²) in [6, 6.07) is 8.14. The number of amides is 2. The molecule has 1 aliphatic heterocycles. The summed E-state index contributed by atoms with van der Waals surface area (Å²) in [5, 5.41) is 2.50. The molecule has 1 aromatic carbocycles. The zero-order chi connectivity index (χ0) is 19.6. The molecule has 0 saturated carbocycles. The highest BCUT2D eigenvalue weighted by atomic mass is 32.2. The van der Waals surface area contributed by atoms with Crippen molar-refractivity contribution in [3.05, 3.63) is 42.4 Å². The molecule has 0 aliphatic carbocycles. The van der Waals surface area contributed by atoms with Gasteiger partial charge in [0, 0.05) is 18.4 Å².